The van der Waals surface area contributed by atoms with Gasteiger partial charge in [-0.05, 0) is 30.2 Å². The molecule has 0 spiro atoms. The zero-order valence-electron chi connectivity index (χ0n) is 18.0. The van der Waals surface area contributed by atoms with Gasteiger partial charge in [0.1, 0.15) is 11.3 Å². The van der Waals surface area contributed by atoms with Gasteiger partial charge in [0.05, 0.1) is 19.9 Å². The number of ether oxygens (including phenoxy) is 2. The normalized spacial score (nSPS) is 10.6. The average molecular weight is 426 g/mol. The number of methoxy groups -OCH3 is 2. The molecule has 1 heterocycles. The van der Waals surface area contributed by atoms with E-state index in [9.17, 15) is 9.59 Å². The van der Waals surface area contributed by atoms with E-state index in [1.54, 1.807) is 12.1 Å². The Labute approximate surface area is 186 Å². The molecule has 0 amide bonds. The van der Waals surface area contributed by atoms with Gasteiger partial charge >= 0.3 is 11.9 Å². The van der Waals surface area contributed by atoms with Crippen LogP contribution in [-0.4, -0.2) is 35.9 Å². The van der Waals surface area contributed by atoms with E-state index in [-0.39, 0.29) is 11.3 Å². The minimum Gasteiger partial charge on any atom is -0.465 e. The summed E-state index contributed by atoms with van der Waals surface area (Å²) in [4.78, 5) is 25.7. The van der Waals surface area contributed by atoms with Gasteiger partial charge in [-0.1, -0.05) is 72.3 Å². The highest BCUT2D eigenvalue weighted by atomic mass is 16.5. The van der Waals surface area contributed by atoms with Gasteiger partial charge in [-0.3, -0.25) is 0 Å². The van der Waals surface area contributed by atoms with Crippen LogP contribution in [0.3, 0.4) is 0 Å². The third-order valence-corrected chi connectivity index (χ3v) is 5.20. The molecule has 4 aromatic rings. The van der Waals surface area contributed by atoms with Crippen LogP contribution in [0.25, 0.3) is 28.1 Å². The summed E-state index contributed by atoms with van der Waals surface area (Å²) >= 11 is 0. The monoisotopic (exact) mass is 426 g/mol. The van der Waals surface area contributed by atoms with E-state index in [1.165, 1.54) is 18.9 Å². The second-order valence-electron chi connectivity index (χ2n) is 7.21. The number of aryl methyl sites for hydroxylation is 1. The molecule has 0 radical (unpaired) electrons. The Morgan fingerprint density at radius 2 is 1.34 bits per heavy atom. The van der Waals surface area contributed by atoms with E-state index in [2.05, 4.69) is 0 Å². The van der Waals surface area contributed by atoms with Gasteiger partial charge in [0.25, 0.3) is 0 Å². The van der Waals surface area contributed by atoms with E-state index in [1.807, 2.05) is 73.7 Å². The van der Waals surface area contributed by atoms with Crippen LogP contribution in [0.5, 0.6) is 0 Å². The van der Waals surface area contributed by atoms with Crippen molar-refractivity contribution >= 4 is 11.9 Å². The van der Waals surface area contributed by atoms with Crippen LogP contribution in [0, 0.1) is 6.92 Å². The first-order chi connectivity index (χ1) is 15.5. The Kier molecular flexibility index (Phi) is 5.85. The minimum absolute atomic E-state index is 0.0132. The topological polar surface area (TPSA) is 70.4 Å². The Morgan fingerprint density at radius 1 is 0.750 bits per heavy atom. The first kappa shape index (κ1) is 21.1. The van der Waals surface area contributed by atoms with Crippen LogP contribution in [0.1, 0.15) is 26.4 Å². The van der Waals surface area contributed by atoms with Crippen LogP contribution < -0.4 is 0 Å². The third-order valence-electron chi connectivity index (χ3n) is 5.20. The summed E-state index contributed by atoms with van der Waals surface area (Å²) in [5, 5.41) is 4.71. The molecule has 0 fully saturated rings. The van der Waals surface area contributed by atoms with E-state index in [4.69, 9.17) is 14.6 Å². The SMILES string of the molecule is COC(=O)c1c(-c2ccccc2-c2ccc(C)cc2)nn(-c2ccccc2)c1C(=O)OC. The molecule has 6 heteroatoms. The predicted octanol–water partition coefficient (Wildman–Crippen LogP) is 5.09. The Bertz CT molecular complexity index is 1280. The maximum atomic E-state index is 12.9. The quantitative estimate of drug-likeness (QED) is 0.416. The van der Waals surface area contributed by atoms with Crippen LogP contribution in [0.15, 0.2) is 78.9 Å². The van der Waals surface area contributed by atoms with E-state index in [0.717, 1.165) is 16.7 Å². The van der Waals surface area contributed by atoms with Gasteiger partial charge in [-0.2, -0.15) is 5.10 Å². The fourth-order valence-corrected chi connectivity index (χ4v) is 3.62. The molecule has 3 aromatic carbocycles. The summed E-state index contributed by atoms with van der Waals surface area (Å²) in [6.45, 7) is 2.02. The number of carbonyl (C=O) groups is 2. The molecule has 0 aliphatic heterocycles. The van der Waals surface area contributed by atoms with Crippen molar-refractivity contribution in [3.8, 4) is 28.1 Å². The van der Waals surface area contributed by atoms with Gasteiger partial charge in [0.15, 0.2) is 5.69 Å². The average Bonchev–Trinajstić information content (AvgIpc) is 3.24. The molecule has 0 saturated carbocycles. The third kappa shape index (κ3) is 3.78. The zero-order valence-corrected chi connectivity index (χ0v) is 18.0. The number of rotatable bonds is 5. The number of para-hydroxylation sites is 1. The van der Waals surface area contributed by atoms with E-state index < -0.39 is 11.9 Å². The number of hydrogen-bond donors (Lipinski definition) is 0. The Balaban J connectivity index is 2.04. The first-order valence-corrected chi connectivity index (χ1v) is 10.1. The highest BCUT2D eigenvalue weighted by Gasteiger charge is 2.32. The van der Waals surface area contributed by atoms with E-state index in [0.29, 0.717) is 16.9 Å². The lowest BCUT2D eigenvalue weighted by molar-refractivity contribution is 0.0549. The molecule has 6 nitrogen and oxygen atoms in total. The molecular weight excluding hydrogens is 404 g/mol. The maximum absolute atomic E-state index is 12.9. The fraction of sp³-hybridized carbons (Fsp3) is 0.115. The summed E-state index contributed by atoms with van der Waals surface area (Å²) in [5.41, 5.74) is 4.73. The van der Waals surface area contributed by atoms with Crippen molar-refractivity contribution in [3.63, 3.8) is 0 Å². The molecule has 0 bridgehead atoms. The van der Waals surface area contributed by atoms with Gasteiger partial charge in [-0.15, -0.1) is 0 Å². The molecule has 4 rings (SSSR count). The molecular formula is C26H22N2O4. The first-order valence-electron chi connectivity index (χ1n) is 10.1. The lowest BCUT2D eigenvalue weighted by atomic mass is 9.95. The van der Waals surface area contributed by atoms with Crippen molar-refractivity contribution in [2.75, 3.05) is 14.2 Å². The lowest BCUT2D eigenvalue weighted by Gasteiger charge is -2.10. The standard InChI is InChI=1S/C26H22N2O4/c1-17-13-15-18(16-14-17)20-11-7-8-12-21(20)23-22(25(29)31-2)24(26(30)32-3)28(27-23)19-9-5-4-6-10-19/h4-16H,1-3H3. The molecule has 0 aliphatic carbocycles. The van der Waals surface area contributed by atoms with Crippen LogP contribution in [0.2, 0.25) is 0 Å². The van der Waals surface area contributed by atoms with Crippen molar-refractivity contribution in [1.29, 1.82) is 0 Å². The number of nitrogens with zero attached hydrogens (tertiary/aromatic N) is 2. The summed E-state index contributed by atoms with van der Waals surface area (Å²) in [6, 6.07) is 24.8. The molecule has 0 aliphatic rings. The molecule has 0 N–H and O–H groups in total. The second kappa shape index (κ2) is 8.89. The molecule has 0 atom stereocenters. The van der Waals surface area contributed by atoms with Crippen molar-refractivity contribution in [2.24, 2.45) is 0 Å². The summed E-state index contributed by atoms with van der Waals surface area (Å²) in [7, 11) is 2.55. The highest BCUT2D eigenvalue weighted by molar-refractivity contribution is 6.07. The largest absolute Gasteiger partial charge is 0.465 e. The van der Waals surface area contributed by atoms with Crippen molar-refractivity contribution in [2.45, 2.75) is 6.92 Å². The number of carbonyl (C=O) groups excluding carboxylic acids is 2. The molecule has 160 valence electrons. The van der Waals surface area contributed by atoms with Gasteiger partial charge in [0, 0.05) is 5.56 Å². The van der Waals surface area contributed by atoms with Crippen molar-refractivity contribution in [1.82, 2.24) is 9.78 Å². The molecule has 1 aromatic heterocycles. The highest BCUT2D eigenvalue weighted by Crippen LogP contribution is 2.36. The number of hydrogen-bond acceptors (Lipinski definition) is 5. The van der Waals surface area contributed by atoms with Gasteiger partial charge < -0.3 is 9.47 Å². The van der Waals surface area contributed by atoms with Gasteiger partial charge in [0.2, 0.25) is 0 Å². The maximum Gasteiger partial charge on any atom is 0.357 e. The zero-order chi connectivity index (χ0) is 22.7. The number of esters is 2. The summed E-state index contributed by atoms with van der Waals surface area (Å²) in [5.74, 6) is -1.35. The number of benzene rings is 3. The smallest absolute Gasteiger partial charge is 0.357 e. The number of aromatic nitrogens is 2. The van der Waals surface area contributed by atoms with Crippen LogP contribution >= 0.6 is 0 Å². The van der Waals surface area contributed by atoms with Crippen LogP contribution in [-0.2, 0) is 9.47 Å². The van der Waals surface area contributed by atoms with E-state index >= 15 is 0 Å². The lowest BCUT2D eigenvalue weighted by Crippen LogP contribution is -2.15. The van der Waals surface area contributed by atoms with Crippen molar-refractivity contribution in [3.05, 3.63) is 95.7 Å². The second-order valence-corrected chi connectivity index (χ2v) is 7.21. The molecule has 32 heavy (non-hydrogen) atoms. The Morgan fingerprint density at radius 3 is 1.97 bits per heavy atom. The van der Waals surface area contributed by atoms with Crippen LogP contribution in [0.4, 0.5) is 0 Å². The summed E-state index contributed by atoms with van der Waals surface area (Å²) in [6.07, 6.45) is 0. The summed E-state index contributed by atoms with van der Waals surface area (Å²) < 4.78 is 11.5. The fourth-order valence-electron chi connectivity index (χ4n) is 3.62. The van der Waals surface area contributed by atoms with Gasteiger partial charge in [-0.25, -0.2) is 14.3 Å². The predicted molar refractivity (Wildman–Crippen MR) is 122 cm³/mol. The van der Waals surface area contributed by atoms with Crippen molar-refractivity contribution < 1.29 is 19.1 Å². The molecule has 0 saturated heterocycles. The minimum atomic E-state index is -0.680. The molecule has 0 unspecified atom stereocenters. The Hall–Kier alpha value is -4.19.